The number of hydrogen-bond acceptors (Lipinski definition) is 4. The van der Waals surface area contributed by atoms with E-state index in [0.717, 1.165) is 12.8 Å². The van der Waals surface area contributed by atoms with Gasteiger partial charge >= 0.3 is 0 Å². The molecule has 1 fully saturated rings. The number of hydrogen-bond donors (Lipinski definition) is 1. The summed E-state index contributed by atoms with van der Waals surface area (Å²) in [4.78, 5) is 14.2. The van der Waals surface area contributed by atoms with E-state index in [4.69, 9.17) is 10.5 Å². The maximum atomic E-state index is 12.4. The van der Waals surface area contributed by atoms with E-state index in [-0.39, 0.29) is 18.0 Å². The summed E-state index contributed by atoms with van der Waals surface area (Å²) >= 11 is 0. The Morgan fingerprint density at radius 2 is 2.33 bits per heavy atom. The zero-order valence-corrected chi connectivity index (χ0v) is 11.1. The van der Waals surface area contributed by atoms with Gasteiger partial charge in [0.25, 0.3) is 5.91 Å². The van der Waals surface area contributed by atoms with E-state index in [0.29, 0.717) is 18.1 Å². The number of methoxy groups -OCH3 is 1. The smallest absolute Gasteiger partial charge is 0.274 e. The average molecular weight is 252 g/mol. The van der Waals surface area contributed by atoms with Gasteiger partial charge in [-0.15, -0.1) is 0 Å². The molecule has 0 bridgehead atoms. The maximum Gasteiger partial charge on any atom is 0.274 e. The Morgan fingerprint density at radius 3 is 2.89 bits per heavy atom. The standard InChI is InChI=1S/C12H20N4O2/c1-8-6-9(13)4-5-16(8)12(17)10-7-11(18-3)15(2)14-10/h7-9H,4-6,13H2,1-3H3. The second kappa shape index (κ2) is 4.97. The van der Waals surface area contributed by atoms with Gasteiger partial charge in [0.05, 0.1) is 7.11 Å². The Labute approximate surface area is 107 Å². The molecule has 6 nitrogen and oxygen atoms in total. The van der Waals surface area contributed by atoms with E-state index in [1.54, 1.807) is 24.9 Å². The van der Waals surface area contributed by atoms with E-state index < -0.39 is 0 Å². The largest absolute Gasteiger partial charge is 0.481 e. The lowest BCUT2D eigenvalue weighted by Crippen LogP contribution is -2.48. The molecular weight excluding hydrogens is 232 g/mol. The van der Waals surface area contributed by atoms with Crippen molar-refractivity contribution in [3.8, 4) is 5.88 Å². The van der Waals surface area contributed by atoms with Crippen LogP contribution in [0.25, 0.3) is 0 Å². The quantitative estimate of drug-likeness (QED) is 0.826. The fourth-order valence-corrected chi connectivity index (χ4v) is 2.40. The zero-order valence-electron chi connectivity index (χ0n) is 11.1. The van der Waals surface area contributed by atoms with Gasteiger partial charge in [0.2, 0.25) is 5.88 Å². The third-order valence-corrected chi connectivity index (χ3v) is 3.44. The molecule has 1 amide bonds. The predicted octanol–water partition coefficient (Wildman–Crippen LogP) is 0.380. The highest BCUT2D eigenvalue weighted by Crippen LogP contribution is 2.20. The van der Waals surface area contributed by atoms with Crippen molar-refractivity contribution >= 4 is 5.91 Å². The van der Waals surface area contributed by atoms with Gasteiger partial charge < -0.3 is 15.4 Å². The summed E-state index contributed by atoms with van der Waals surface area (Å²) in [5.41, 5.74) is 6.33. The lowest BCUT2D eigenvalue weighted by Gasteiger charge is -2.35. The molecule has 18 heavy (non-hydrogen) atoms. The van der Waals surface area contributed by atoms with Gasteiger partial charge in [-0.25, -0.2) is 4.68 Å². The van der Waals surface area contributed by atoms with Crippen molar-refractivity contribution in [2.45, 2.75) is 31.8 Å². The van der Waals surface area contributed by atoms with Crippen molar-refractivity contribution in [3.63, 3.8) is 0 Å². The van der Waals surface area contributed by atoms with E-state index in [1.165, 1.54) is 0 Å². The Kier molecular flexibility index (Phi) is 3.56. The fourth-order valence-electron chi connectivity index (χ4n) is 2.40. The van der Waals surface area contributed by atoms with Gasteiger partial charge in [0, 0.05) is 31.7 Å². The molecule has 6 heteroatoms. The molecule has 1 aliphatic rings. The summed E-state index contributed by atoms with van der Waals surface area (Å²) in [5, 5.41) is 4.18. The van der Waals surface area contributed by atoms with Gasteiger partial charge in [-0.1, -0.05) is 0 Å². The van der Waals surface area contributed by atoms with Crippen molar-refractivity contribution in [1.29, 1.82) is 0 Å². The number of piperidine rings is 1. The summed E-state index contributed by atoms with van der Waals surface area (Å²) < 4.78 is 6.68. The molecule has 1 aliphatic heterocycles. The first-order valence-corrected chi connectivity index (χ1v) is 6.17. The Balaban J connectivity index is 2.15. The predicted molar refractivity (Wildman–Crippen MR) is 67.5 cm³/mol. The SMILES string of the molecule is COc1cc(C(=O)N2CCC(N)CC2C)nn1C. The Morgan fingerprint density at radius 1 is 1.61 bits per heavy atom. The van der Waals surface area contributed by atoms with Crippen LogP contribution in [0, 0.1) is 0 Å². The van der Waals surface area contributed by atoms with Gasteiger partial charge in [-0.05, 0) is 19.8 Å². The molecular formula is C12H20N4O2. The van der Waals surface area contributed by atoms with E-state index in [1.807, 2.05) is 11.8 Å². The molecule has 0 saturated carbocycles. The highest BCUT2D eigenvalue weighted by molar-refractivity contribution is 5.92. The molecule has 1 aromatic heterocycles. The molecule has 2 unspecified atom stereocenters. The summed E-state index contributed by atoms with van der Waals surface area (Å²) in [5.74, 6) is 0.535. The lowest BCUT2D eigenvalue weighted by atomic mass is 9.99. The summed E-state index contributed by atoms with van der Waals surface area (Å²) in [6.45, 7) is 2.72. The number of ether oxygens (including phenoxy) is 1. The first-order valence-electron chi connectivity index (χ1n) is 6.17. The number of aryl methyl sites for hydroxylation is 1. The van der Waals surface area contributed by atoms with Crippen LogP contribution >= 0.6 is 0 Å². The minimum atomic E-state index is -0.0479. The van der Waals surface area contributed by atoms with Gasteiger partial charge in [0.1, 0.15) is 0 Å². The highest BCUT2D eigenvalue weighted by atomic mass is 16.5. The second-order valence-corrected chi connectivity index (χ2v) is 4.83. The topological polar surface area (TPSA) is 73.4 Å². The van der Waals surface area contributed by atoms with E-state index >= 15 is 0 Å². The number of nitrogens with zero attached hydrogens (tertiary/aromatic N) is 3. The van der Waals surface area contributed by atoms with Crippen LogP contribution in [0.1, 0.15) is 30.3 Å². The molecule has 100 valence electrons. The van der Waals surface area contributed by atoms with E-state index in [2.05, 4.69) is 5.10 Å². The number of rotatable bonds is 2. The van der Waals surface area contributed by atoms with Crippen LogP contribution in [-0.4, -0.2) is 46.3 Å². The van der Waals surface area contributed by atoms with Crippen molar-refractivity contribution < 1.29 is 9.53 Å². The summed E-state index contributed by atoms with van der Waals surface area (Å²) in [7, 11) is 3.32. The van der Waals surface area contributed by atoms with Crippen LogP contribution in [0.2, 0.25) is 0 Å². The van der Waals surface area contributed by atoms with Gasteiger partial charge in [-0.3, -0.25) is 4.79 Å². The average Bonchev–Trinajstić information content (AvgIpc) is 2.70. The molecule has 0 spiro atoms. The molecule has 1 saturated heterocycles. The number of carbonyl (C=O) groups excluding carboxylic acids is 1. The number of aromatic nitrogens is 2. The minimum Gasteiger partial charge on any atom is -0.481 e. The third kappa shape index (κ3) is 2.33. The molecule has 2 N–H and O–H groups in total. The lowest BCUT2D eigenvalue weighted by molar-refractivity contribution is 0.0612. The first kappa shape index (κ1) is 12.9. The van der Waals surface area contributed by atoms with Crippen molar-refractivity contribution in [2.75, 3.05) is 13.7 Å². The highest BCUT2D eigenvalue weighted by Gasteiger charge is 2.29. The monoisotopic (exact) mass is 252 g/mol. The fraction of sp³-hybridized carbons (Fsp3) is 0.667. The number of amides is 1. The molecule has 0 aromatic carbocycles. The first-order chi connectivity index (χ1) is 8.52. The maximum absolute atomic E-state index is 12.4. The Hall–Kier alpha value is -1.56. The molecule has 2 atom stereocenters. The van der Waals surface area contributed by atoms with Crippen molar-refractivity contribution in [1.82, 2.24) is 14.7 Å². The molecule has 1 aromatic rings. The molecule has 2 heterocycles. The van der Waals surface area contributed by atoms with Crippen LogP contribution in [0.5, 0.6) is 5.88 Å². The normalized spacial score (nSPS) is 24.1. The van der Waals surface area contributed by atoms with Crippen LogP contribution in [0.3, 0.4) is 0 Å². The molecule has 0 aliphatic carbocycles. The van der Waals surface area contributed by atoms with Gasteiger partial charge in [-0.2, -0.15) is 5.10 Å². The zero-order chi connectivity index (χ0) is 13.3. The van der Waals surface area contributed by atoms with Gasteiger partial charge in [0.15, 0.2) is 5.69 Å². The van der Waals surface area contributed by atoms with Crippen LogP contribution in [-0.2, 0) is 7.05 Å². The summed E-state index contributed by atoms with van der Waals surface area (Å²) in [6.07, 6.45) is 1.69. The van der Waals surface area contributed by atoms with Crippen molar-refractivity contribution in [2.24, 2.45) is 12.8 Å². The van der Waals surface area contributed by atoms with E-state index in [9.17, 15) is 4.79 Å². The summed E-state index contributed by atoms with van der Waals surface area (Å²) in [6, 6.07) is 2.03. The number of nitrogens with two attached hydrogens (primary N) is 1. The second-order valence-electron chi connectivity index (χ2n) is 4.83. The number of carbonyl (C=O) groups is 1. The van der Waals surface area contributed by atoms with Crippen LogP contribution in [0.4, 0.5) is 0 Å². The number of likely N-dealkylation sites (tertiary alicyclic amines) is 1. The third-order valence-electron chi connectivity index (χ3n) is 3.44. The molecule has 2 rings (SSSR count). The van der Waals surface area contributed by atoms with Crippen LogP contribution < -0.4 is 10.5 Å². The van der Waals surface area contributed by atoms with Crippen molar-refractivity contribution in [3.05, 3.63) is 11.8 Å². The minimum absolute atomic E-state index is 0.0479. The molecule has 0 radical (unpaired) electrons. The Bertz CT molecular complexity index is 443. The van der Waals surface area contributed by atoms with Crippen LogP contribution in [0.15, 0.2) is 6.07 Å².